The third-order valence-corrected chi connectivity index (χ3v) is 1.46. The lowest BCUT2D eigenvalue weighted by molar-refractivity contribution is 0.857. The molecule has 0 unspecified atom stereocenters. The summed E-state index contributed by atoms with van der Waals surface area (Å²) in [5.41, 5.74) is 0.315. The highest BCUT2D eigenvalue weighted by Gasteiger charge is 1.94. The zero-order valence-electron chi connectivity index (χ0n) is 9.06. The summed E-state index contributed by atoms with van der Waals surface area (Å²) >= 11 is 0. The molecule has 0 spiro atoms. The van der Waals surface area contributed by atoms with E-state index in [-0.39, 0.29) is 0 Å². The fraction of sp³-hybridized carbons (Fsp3) is 0.875. The van der Waals surface area contributed by atoms with Gasteiger partial charge in [-0.15, -0.1) is 0 Å². The van der Waals surface area contributed by atoms with Crippen molar-refractivity contribution in [2.75, 3.05) is 13.1 Å². The van der Waals surface area contributed by atoms with Crippen LogP contribution in [0.25, 0.3) is 0 Å². The topological polar surface area (TPSA) is 35.9 Å². The highest BCUT2D eigenvalue weighted by molar-refractivity contribution is 7.42. The van der Waals surface area contributed by atoms with Crippen molar-refractivity contribution in [1.29, 1.82) is 5.41 Å². The monoisotopic (exact) mass is 176 g/mol. The Morgan fingerprint density at radius 1 is 1.23 bits per heavy atom. The van der Waals surface area contributed by atoms with Gasteiger partial charge in [0.15, 0.2) is 0 Å². The maximum absolute atomic E-state index is 6.70. The lowest BCUT2D eigenvalue weighted by Crippen LogP contribution is -2.23. The summed E-state index contributed by atoms with van der Waals surface area (Å²) in [6.07, 6.45) is 2.78. The van der Waals surface area contributed by atoms with Crippen molar-refractivity contribution < 1.29 is 0 Å². The molecule has 0 aromatic heterocycles. The smallest absolute Gasteiger partial charge is 0.0976 e. The van der Waals surface area contributed by atoms with Gasteiger partial charge in [0, 0.05) is 15.5 Å². The summed E-state index contributed by atoms with van der Waals surface area (Å²) in [6.45, 7) is 7.51. The van der Waals surface area contributed by atoms with Gasteiger partial charge in [-0.3, -0.25) is 0 Å². The van der Waals surface area contributed by atoms with E-state index in [2.05, 4.69) is 5.32 Å². The lowest BCUT2D eigenvalue weighted by Gasteiger charge is -1.91. The van der Waals surface area contributed by atoms with Crippen molar-refractivity contribution >= 4 is 27.6 Å². The first-order valence-corrected chi connectivity index (χ1v) is 4.91. The van der Waals surface area contributed by atoms with Gasteiger partial charge in [-0.1, -0.05) is 13.8 Å². The summed E-state index contributed by atoms with van der Waals surface area (Å²) in [4.78, 5) is 0. The summed E-state index contributed by atoms with van der Waals surface area (Å²) < 4.78 is 0. The second kappa shape index (κ2) is 11.8. The maximum Gasteiger partial charge on any atom is 0.0976 e. The third-order valence-electron chi connectivity index (χ3n) is 1.46. The molecule has 1 aliphatic rings. The molecule has 1 fully saturated rings. The Bertz CT molecular complexity index is 106. The highest BCUT2D eigenvalue weighted by Crippen LogP contribution is 1.90. The average molecular weight is 176 g/mol. The molecule has 0 amide bonds. The predicted octanol–water partition coefficient (Wildman–Crippen LogP) is 0.786. The molecule has 0 aliphatic carbocycles. The van der Waals surface area contributed by atoms with Crippen LogP contribution in [0.2, 0.25) is 0 Å². The van der Waals surface area contributed by atoms with Gasteiger partial charge in [-0.2, -0.15) is 0 Å². The van der Waals surface area contributed by atoms with Crippen LogP contribution in [-0.2, 0) is 0 Å². The van der Waals surface area contributed by atoms with Crippen LogP contribution in [0.4, 0.5) is 0 Å². The third kappa shape index (κ3) is 14.7. The number of hydrogen-bond donors (Lipinski definition) is 2. The molecule has 2 N–H and O–H groups in total. The van der Waals surface area contributed by atoms with Gasteiger partial charge in [0.25, 0.3) is 0 Å². The molecule has 0 aromatic carbocycles. The van der Waals surface area contributed by atoms with Crippen LogP contribution in [0.5, 0.6) is 0 Å². The van der Waals surface area contributed by atoms with Gasteiger partial charge in [0.1, 0.15) is 0 Å². The molecule has 0 saturated carbocycles. The molecule has 70 valence electrons. The molecule has 13 heavy (non-hydrogen) atoms. The molecule has 2 nitrogen and oxygen atoms in total. The van der Waals surface area contributed by atoms with Crippen molar-refractivity contribution in [3.05, 3.63) is 0 Å². The van der Waals surface area contributed by atoms with Crippen LogP contribution in [-0.4, -0.2) is 40.7 Å². The van der Waals surface area contributed by atoms with Crippen LogP contribution in [0.3, 0.4) is 0 Å². The molecule has 0 aromatic rings. The lowest BCUT2D eigenvalue weighted by atomic mass is 9.17. The zero-order valence-corrected chi connectivity index (χ0v) is 9.06. The van der Waals surface area contributed by atoms with Gasteiger partial charge in [-0.05, 0) is 38.5 Å². The molecule has 5 heteroatoms. The van der Waals surface area contributed by atoms with E-state index in [1.54, 1.807) is 6.92 Å². The number of hydrogen-bond acceptors (Lipinski definition) is 2. The molecule has 0 atom stereocenters. The molecule has 0 bridgehead atoms. The largest absolute Gasteiger partial charge is 0.321 e. The quantitative estimate of drug-likeness (QED) is 0.449. The fourth-order valence-electron chi connectivity index (χ4n) is 0.625. The van der Waals surface area contributed by atoms with Crippen molar-refractivity contribution in [2.45, 2.75) is 33.6 Å². The van der Waals surface area contributed by atoms with Crippen LogP contribution in [0.1, 0.15) is 33.6 Å². The van der Waals surface area contributed by atoms with E-state index in [1.807, 2.05) is 13.8 Å². The fourth-order valence-corrected chi connectivity index (χ4v) is 0.625. The van der Waals surface area contributed by atoms with Crippen LogP contribution in [0, 0.1) is 5.41 Å². The SMILES string of the molecule is C1CCNC1.CC.[B]B([B])C(C)=N. The molecular formula is C8H19B3N2. The summed E-state index contributed by atoms with van der Waals surface area (Å²) in [7, 11) is 9.98. The van der Waals surface area contributed by atoms with Crippen LogP contribution < -0.4 is 5.32 Å². The minimum absolute atomic E-state index is 0.315. The zero-order chi connectivity index (χ0) is 10.7. The highest BCUT2D eigenvalue weighted by atomic mass is 14.9. The van der Waals surface area contributed by atoms with Crippen molar-refractivity contribution in [1.82, 2.24) is 5.32 Å². The molecule has 1 rings (SSSR count). The first-order valence-electron chi connectivity index (χ1n) is 4.91. The van der Waals surface area contributed by atoms with E-state index in [9.17, 15) is 0 Å². The Morgan fingerprint density at radius 3 is 1.62 bits per heavy atom. The average Bonchev–Trinajstić information content (AvgIpc) is 2.64. The Kier molecular flexibility index (Phi) is 13.9. The molecular weight excluding hydrogens is 157 g/mol. The Hall–Kier alpha value is -0.175. The standard InChI is InChI=1S/C4H9N.C2H4B3N.C2H6/c1-2-4-5-3-1;1-2(6)5(3)4;1-2/h5H,1-4H2;6H,1H3;1-2H3. The Balaban J connectivity index is 0. The molecule has 4 radical (unpaired) electrons. The first-order chi connectivity index (χ1) is 6.14. The first kappa shape index (κ1) is 15.3. The van der Waals surface area contributed by atoms with Gasteiger partial charge >= 0.3 is 0 Å². The predicted molar refractivity (Wildman–Crippen MR) is 64.1 cm³/mol. The normalized spacial score (nSPS) is 13.2. The van der Waals surface area contributed by atoms with Crippen LogP contribution >= 0.6 is 0 Å². The summed E-state index contributed by atoms with van der Waals surface area (Å²) in [6, 6.07) is 0. The molecule has 1 saturated heterocycles. The number of nitrogens with one attached hydrogen (secondary N) is 2. The van der Waals surface area contributed by atoms with E-state index < -0.39 is 6.49 Å². The Morgan fingerprint density at radius 2 is 1.54 bits per heavy atom. The van der Waals surface area contributed by atoms with E-state index in [1.165, 1.54) is 25.9 Å². The molecule has 1 heterocycles. The van der Waals surface area contributed by atoms with Crippen molar-refractivity contribution in [2.24, 2.45) is 0 Å². The van der Waals surface area contributed by atoms with Crippen molar-refractivity contribution in [3.8, 4) is 0 Å². The second-order valence-corrected chi connectivity index (χ2v) is 2.67. The van der Waals surface area contributed by atoms with Gasteiger partial charge in [-0.25, -0.2) is 0 Å². The minimum atomic E-state index is -0.565. The molecule has 1 aliphatic heterocycles. The van der Waals surface area contributed by atoms with Crippen molar-refractivity contribution in [3.63, 3.8) is 0 Å². The van der Waals surface area contributed by atoms with E-state index in [0.717, 1.165) is 0 Å². The summed E-state index contributed by atoms with van der Waals surface area (Å²) in [5, 5.41) is 9.92. The van der Waals surface area contributed by atoms with E-state index in [4.69, 9.17) is 20.9 Å². The second-order valence-electron chi connectivity index (χ2n) is 2.67. The summed E-state index contributed by atoms with van der Waals surface area (Å²) in [5.74, 6) is 0. The van der Waals surface area contributed by atoms with Gasteiger partial charge < -0.3 is 10.7 Å². The van der Waals surface area contributed by atoms with E-state index >= 15 is 0 Å². The van der Waals surface area contributed by atoms with Gasteiger partial charge in [0.2, 0.25) is 0 Å². The van der Waals surface area contributed by atoms with E-state index in [0.29, 0.717) is 5.61 Å². The van der Waals surface area contributed by atoms with Gasteiger partial charge in [0.05, 0.1) is 6.49 Å². The Labute approximate surface area is 85.6 Å². The number of rotatable bonds is 1. The van der Waals surface area contributed by atoms with Crippen LogP contribution in [0.15, 0.2) is 0 Å². The minimum Gasteiger partial charge on any atom is -0.321 e. The maximum atomic E-state index is 6.70.